The fourth-order valence-corrected chi connectivity index (χ4v) is 3.30. The lowest BCUT2D eigenvalue weighted by Crippen LogP contribution is -2.24. The van der Waals surface area contributed by atoms with Crippen molar-refractivity contribution in [1.29, 1.82) is 0 Å². The topological polar surface area (TPSA) is 79.0 Å². The quantitative estimate of drug-likeness (QED) is 0.447. The van der Waals surface area contributed by atoms with E-state index in [1.807, 2.05) is 0 Å². The molecule has 7 nitrogen and oxygen atoms in total. The van der Waals surface area contributed by atoms with Gasteiger partial charge >= 0.3 is 5.97 Å². The number of benzene rings is 1. The van der Waals surface area contributed by atoms with Gasteiger partial charge in [0.1, 0.15) is 5.82 Å². The van der Waals surface area contributed by atoms with Crippen LogP contribution in [0.25, 0.3) is 0 Å². The zero-order valence-electron chi connectivity index (χ0n) is 15.5. The third-order valence-corrected chi connectivity index (χ3v) is 4.91. The van der Waals surface area contributed by atoms with Gasteiger partial charge in [-0.25, -0.2) is 9.07 Å². The van der Waals surface area contributed by atoms with Crippen LogP contribution < -0.4 is 10.3 Å². The molecule has 28 heavy (non-hydrogen) atoms. The molecule has 0 amide bonds. The lowest BCUT2D eigenvalue weighted by Gasteiger charge is -2.11. The van der Waals surface area contributed by atoms with Crippen molar-refractivity contribution in [2.24, 2.45) is 7.05 Å². The highest BCUT2D eigenvalue weighted by Gasteiger charge is 2.15. The van der Waals surface area contributed by atoms with Gasteiger partial charge in [-0.2, -0.15) is 5.10 Å². The molecule has 0 saturated heterocycles. The van der Waals surface area contributed by atoms with Crippen LogP contribution in [0, 0.1) is 5.82 Å². The molecule has 1 aromatic carbocycles. The van der Waals surface area contributed by atoms with Crippen molar-refractivity contribution in [2.75, 3.05) is 0 Å². The minimum atomic E-state index is -0.442. The van der Waals surface area contributed by atoms with Crippen molar-refractivity contribution in [2.45, 2.75) is 30.5 Å². The summed E-state index contributed by atoms with van der Waals surface area (Å²) in [4.78, 5) is 24.7. The van der Waals surface area contributed by atoms with E-state index >= 15 is 0 Å². The standard InChI is InChI=1S/C19H19FN4O3S/c1-3-18(26)27-19-16(28-12-13-4-6-15(20)7-5-13)8-17(25)24(22-19)11-14-9-21-23(2)10-14/h4-10H,3,11-12H2,1-2H3. The predicted octanol–water partition coefficient (Wildman–Crippen LogP) is 2.77. The third kappa shape index (κ3) is 5.07. The molecule has 2 aromatic heterocycles. The molecule has 0 saturated carbocycles. The molecular formula is C19H19FN4O3S. The molecule has 2 heterocycles. The molecule has 9 heteroatoms. The first-order chi connectivity index (χ1) is 13.4. The molecule has 3 aromatic rings. The highest BCUT2D eigenvalue weighted by atomic mass is 32.2. The van der Waals surface area contributed by atoms with Gasteiger partial charge in [0.2, 0.25) is 0 Å². The van der Waals surface area contributed by atoms with Gasteiger partial charge in [0.15, 0.2) is 0 Å². The van der Waals surface area contributed by atoms with Crippen molar-refractivity contribution in [3.8, 4) is 5.88 Å². The Balaban J connectivity index is 1.86. The summed E-state index contributed by atoms with van der Waals surface area (Å²) in [6.45, 7) is 1.89. The Morgan fingerprint density at radius 1 is 1.25 bits per heavy atom. The maximum absolute atomic E-state index is 13.0. The van der Waals surface area contributed by atoms with Crippen LogP contribution in [0.15, 0.2) is 52.4 Å². The van der Waals surface area contributed by atoms with Gasteiger partial charge < -0.3 is 4.74 Å². The molecule has 0 unspecified atom stereocenters. The van der Waals surface area contributed by atoms with Gasteiger partial charge in [-0.1, -0.05) is 19.1 Å². The number of rotatable bonds is 7. The van der Waals surface area contributed by atoms with E-state index < -0.39 is 5.97 Å². The zero-order valence-corrected chi connectivity index (χ0v) is 16.3. The molecule has 0 bridgehead atoms. The van der Waals surface area contributed by atoms with E-state index in [1.165, 1.54) is 34.6 Å². The van der Waals surface area contributed by atoms with Gasteiger partial charge in [0.25, 0.3) is 11.4 Å². The van der Waals surface area contributed by atoms with E-state index in [9.17, 15) is 14.0 Å². The minimum absolute atomic E-state index is 0.0856. The van der Waals surface area contributed by atoms with Crippen molar-refractivity contribution >= 4 is 17.7 Å². The van der Waals surface area contributed by atoms with Crippen molar-refractivity contribution < 1.29 is 13.9 Å². The number of carbonyl (C=O) groups is 1. The van der Waals surface area contributed by atoms with Crippen molar-refractivity contribution in [3.05, 3.63) is 70.0 Å². The molecule has 0 aliphatic rings. The first-order valence-corrected chi connectivity index (χ1v) is 9.60. The van der Waals surface area contributed by atoms with Gasteiger partial charge in [-0.3, -0.25) is 14.3 Å². The monoisotopic (exact) mass is 402 g/mol. The largest absolute Gasteiger partial charge is 0.405 e. The van der Waals surface area contributed by atoms with Crippen LogP contribution in [0.1, 0.15) is 24.5 Å². The third-order valence-electron chi connectivity index (χ3n) is 3.83. The maximum atomic E-state index is 13.0. The highest BCUT2D eigenvalue weighted by Crippen LogP contribution is 2.29. The van der Waals surface area contributed by atoms with Gasteiger partial charge in [-0.05, 0) is 17.7 Å². The molecule has 0 radical (unpaired) electrons. The number of nitrogens with zero attached hydrogens (tertiary/aromatic N) is 4. The maximum Gasteiger partial charge on any atom is 0.312 e. The number of esters is 1. The first kappa shape index (κ1) is 19.8. The Morgan fingerprint density at radius 3 is 2.64 bits per heavy atom. The average molecular weight is 402 g/mol. The summed E-state index contributed by atoms with van der Waals surface area (Å²) >= 11 is 1.30. The van der Waals surface area contributed by atoms with Crippen LogP contribution in [0.3, 0.4) is 0 Å². The fourth-order valence-electron chi connectivity index (χ4n) is 2.39. The summed E-state index contributed by atoms with van der Waals surface area (Å²) in [5.74, 6) is -0.193. The Labute approximate surface area is 165 Å². The predicted molar refractivity (Wildman–Crippen MR) is 103 cm³/mol. The summed E-state index contributed by atoms with van der Waals surface area (Å²) in [6, 6.07) is 7.47. The Morgan fingerprint density at radius 2 is 2.00 bits per heavy atom. The van der Waals surface area contributed by atoms with Crippen LogP contribution in [-0.2, 0) is 24.1 Å². The van der Waals surface area contributed by atoms with Gasteiger partial charge in [0, 0.05) is 37.0 Å². The second-order valence-corrected chi connectivity index (χ2v) is 7.09. The average Bonchev–Trinajstić information content (AvgIpc) is 3.09. The molecule has 0 aliphatic carbocycles. The SMILES string of the molecule is CCC(=O)Oc1nn(Cc2cnn(C)c2)c(=O)cc1SCc1ccc(F)cc1. The van der Waals surface area contributed by atoms with Gasteiger partial charge in [0.05, 0.1) is 17.6 Å². The van der Waals surface area contributed by atoms with Crippen LogP contribution >= 0.6 is 11.8 Å². The Bertz CT molecular complexity index is 1030. The first-order valence-electron chi connectivity index (χ1n) is 8.62. The highest BCUT2D eigenvalue weighted by molar-refractivity contribution is 7.98. The van der Waals surface area contributed by atoms with Crippen LogP contribution in [0.4, 0.5) is 4.39 Å². The normalized spacial score (nSPS) is 10.8. The number of carbonyl (C=O) groups excluding carboxylic acids is 1. The lowest BCUT2D eigenvalue weighted by atomic mass is 10.2. The number of ether oxygens (including phenoxy) is 1. The number of hydrogen-bond acceptors (Lipinski definition) is 6. The number of halogens is 1. The number of hydrogen-bond donors (Lipinski definition) is 0. The smallest absolute Gasteiger partial charge is 0.312 e. The van der Waals surface area contributed by atoms with Crippen LogP contribution in [-0.4, -0.2) is 25.5 Å². The minimum Gasteiger partial charge on any atom is -0.405 e. The number of thioether (sulfide) groups is 1. The summed E-state index contributed by atoms with van der Waals surface area (Å²) in [6.07, 6.45) is 3.61. The van der Waals surface area contributed by atoms with Crippen molar-refractivity contribution in [1.82, 2.24) is 19.6 Å². The molecular weight excluding hydrogens is 383 g/mol. The molecule has 0 aliphatic heterocycles. The Hall–Kier alpha value is -2.94. The second-order valence-electron chi connectivity index (χ2n) is 6.07. The molecule has 3 rings (SSSR count). The summed E-state index contributed by atoms with van der Waals surface area (Å²) in [7, 11) is 1.78. The molecule has 146 valence electrons. The fraction of sp³-hybridized carbons (Fsp3) is 0.263. The van der Waals surface area contributed by atoms with E-state index in [-0.39, 0.29) is 30.2 Å². The Kier molecular flexibility index (Phi) is 6.25. The van der Waals surface area contributed by atoms with Crippen LogP contribution in [0.5, 0.6) is 5.88 Å². The zero-order chi connectivity index (χ0) is 20.1. The molecule has 0 fully saturated rings. The second kappa shape index (κ2) is 8.83. The van der Waals surface area contributed by atoms with E-state index in [1.54, 1.807) is 43.2 Å². The number of aromatic nitrogens is 4. The number of aryl methyl sites for hydroxylation is 1. The van der Waals surface area contributed by atoms with E-state index in [2.05, 4.69) is 10.2 Å². The van der Waals surface area contributed by atoms with Crippen molar-refractivity contribution in [3.63, 3.8) is 0 Å². The summed E-state index contributed by atoms with van der Waals surface area (Å²) in [5.41, 5.74) is 1.36. The molecule has 0 spiro atoms. The van der Waals surface area contributed by atoms with E-state index in [0.717, 1.165) is 11.1 Å². The lowest BCUT2D eigenvalue weighted by molar-refractivity contribution is -0.134. The molecule has 0 atom stereocenters. The summed E-state index contributed by atoms with van der Waals surface area (Å²) in [5, 5.41) is 8.30. The van der Waals surface area contributed by atoms with Gasteiger partial charge in [-0.15, -0.1) is 16.9 Å². The summed E-state index contributed by atoms with van der Waals surface area (Å²) < 4.78 is 21.2. The van der Waals surface area contributed by atoms with E-state index in [4.69, 9.17) is 4.74 Å². The van der Waals surface area contributed by atoms with E-state index in [0.29, 0.717) is 10.6 Å². The van der Waals surface area contributed by atoms with Crippen LogP contribution in [0.2, 0.25) is 0 Å². The molecule has 0 N–H and O–H groups in total.